The molecule has 2 unspecified atom stereocenters. The molecular formula is C18H20FN3O2S. The second-order valence-corrected chi connectivity index (χ2v) is 7.34. The molecule has 3 aliphatic heterocycles. The Balaban J connectivity index is 1.88. The van der Waals surface area contributed by atoms with Gasteiger partial charge in [-0.05, 0) is 43.6 Å². The summed E-state index contributed by atoms with van der Waals surface area (Å²) in [4.78, 5) is 29.9. The summed E-state index contributed by atoms with van der Waals surface area (Å²) in [5.74, 6) is -1.03. The first-order valence-corrected chi connectivity index (χ1v) is 9.13. The largest absolute Gasteiger partial charge is 0.367 e. The quantitative estimate of drug-likeness (QED) is 0.647. The van der Waals surface area contributed by atoms with Crippen LogP contribution in [0, 0.1) is 11.2 Å². The Bertz CT molecular complexity index is 784. The molecule has 0 radical (unpaired) electrons. The molecule has 2 amide bonds. The first kappa shape index (κ1) is 16.4. The second-order valence-electron chi connectivity index (χ2n) is 6.95. The molecule has 0 aromatic heterocycles. The standard InChI is InChI=1S/C18H20FN3O2S/c1-2-8-22-16(24)18(15(23)20-17(22)25)10-11-12(19)5-3-6-13(11)21-9-4-7-14(18)21/h3,5-6,14H,2,4,7-10H2,1H3,(H,20,23,25). The maximum absolute atomic E-state index is 14.5. The number of nitrogens with zero attached hydrogens (tertiary/aromatic N) is 2. The lowest BCUT2D eigenvalue weighted by Crippen LogP contribution is -2.71. The molecule has 1 aromatic rings. The summed E-state index contributed by atoms with van der Waals surface area (Å²) in [6.45, 7) is 3.13. The Morgan fingerprint density at radius 1 is 1.40 bits per heavy atom. The van der Waals surface area contributed by atoms with E-state index in [0.717, 1.165) is 31.5 Å². The molecule has 0 aliphatic carbocycles. The van der Waals surface area contributed by atoms with Crippen LogP contribution < -0.4 is 10.2 Å². The number of rotatable bonds is 2. The molecule has 1 spiro atoms. The van der Waals surface area contributed by atoms with Crippen LogP contribution in [0.5, 0.6) is 0 Å². The summed E-state index contributed by atoms with van der Waals surface area (Å²) < 4.78 is 14.5. The second kappa shape index (κ2) is 5.76. The van der Waals surface area contributed by atoms with E-state index in [1.807, 2.05) is 17.9 Å². The molecule has 2 fully saturated rings. The summed E-state index contributed by atoms with van der Waals surface area (Å²) in [6, 6.07) is 4.70. The number of amides is 2. The van der Waals surface area contributed by atoms with Crippen LogP contribution in [-0.4, -0.2) is 41.0 Å². The summed E-state index contributed by atoms with van der Waals surface area (Å²) in [5.41, 5.74) is -0.0410. The van der Waals surface area contributed by atoms with Gasteiger partial charge in [0.1, 0.15) is 5.82 Å². The SMILES string of the molecule is CCCN1C(=O)C2(Cc3c(F)cccc3N3CCCC32)C(=O)NC1=S. The van der Waals surface area contributed by atoms with Gasteiger partial charge in [-0.15, -0.1) is 0 Å². The van der Waals surface area contributed by atoms with Gasteiger partial charge in [-0.2, -0.15) is 0 Å². The normalized spacial score (nSPS) is 28.2. The number of carbonyl (C=O) groups is 2. The lowest BCUT2D eigenvalue weighted by molar-refractivity contribution is -0.152. The van der Waals surface area contributed by atoms with Crippen LogP contribution in [0.1, 0.15) is 31.7 Å². The first-order valence-electron chi connectivity index (χ1n) is 8.72. The van der Waals surface area contributed by atoms with Gasteiger partial charge in [-0.25, -0.2) is 4.39 Å². The van der Waals surface area contributed by atoms with Crippen molar-refractivity contribution >= 4 is 34.8 Å². The van der Waals surface area contributed by atoms with Crippen LogP contribution in [0.2, 0.25) is 0 Å². The van der Waals surface area contributed by atoms with Gasteiger partial charge >= 0.3 is 0 Å². The van der Waals surface area contributed by atoms with Crippen molar-refractivity contribution in [2.45, 2.75) is 38.6 Å². The van der Waals surface area contributed by atoms with E-state index in [9.17, 15) is 14.0 Å². The van der Waals surface area contributed by atoms with E-state index in [1.165, 1.54) is 11.0 Å². The average molecular weight is 361 g/mol. The number of anilines is 1. The third kappa shape index (κ3) is 2.14. The van der Waals surface area contributed by atoms with Crippen LogP contribution in [-0.2, 0) is 16.0 Å². The minimum Gasteiger partial charge on any atom is -0.367 e. The zero-order chi connectivity index (χ0) is 17.8. The zero-order valence-electron chi connectivity index (χ0n) is 14.0. The molecule has 132 valence electrons. The van der Waals surface area contributed by atoms with Gasteiger partial charge in [-0.1, -0.05) is 13.0 Å². The summed E-state index contributed by atoms with van der Waals surface area (Å²) >= 11 is 5.21. The first-order chi connectivity index (χ1) is 12.0. The smallest absolute Gasteiger partial charge is 0.246 e. The molecule has 3 heterocycles. The van der Waals surface area contributed by atoms with E-state index in [0.29, 0.717) is 12.1 Å². The Kier molecular flexibility index (Phi) is 3.79. The highest BCUT2D eigenvalue weighted by atomic mass is 32.1. The molecule has 25 heavy (non-hydrogen) atoms. The fourth-order valence-electron chi connectivity index (χ4n) is 4.54. The molecule has 1 N–H and O–H groups in total. The van der Waals surface area contributed by atoms with Crippen LogP contribution in [0.15, 0.2) is 18.2 Å². The molecule has 0 saturated carbocycles. The van der Waals surface area contributed by atoms with E-state index >= 15 is 0 Å². The molecule has 4 rings (SSSR count). The summed E-state index contributed by atoms with van der Waals surface area (Å²) in [6.07, 6.45) is 2.43. The van der Waals surface area contributed by atoms with E-state index in [2.05, 4.69) is 5.32 Å². The number of thiocarbonyl (C=S) groups is 1. The van der Waals surface area contributed by atoms with Crippen LogP contribution in [0.4, 0.5) is 10.1 Å². The van der Waals surface area contributed by atoms with Crippen molar-refractivity contribution in [1.29, 1.82) is 0 Å². The van der Waals surface area contributed by atoms with Crippen LogP contribution in [0.3, 0.4) is 0 Å². The van der Waals surface area contributed by atoms with Crippen molar-refractivity contribution < 1.29 is 14.0 Å². The van der Waals surface area contributed by atoms with Gasteiger partial charge in [0.05, 0.1) is 6.04 Å². The topological polar surface area (TPSA) is 52.7 Å². The number of carbonyl (C=O) groups excluding carboxylic acids is 2. The van der Waals surface area contributed by atoms with E-state index in [1.54, 1.807) is 6.07 Å². The molecule has 2 atom stereocenters. The minimum absolute atomic E-state index is 0.0870. The zero-order valence-corrected chi connectivity index (χ0v) is 14.9. The average Bonchev–Trinajstić information content (AvgIpc) is 3.08. The third-order valence-electron chi connectivity index (χ3n) is 5.63. The van der Waals surface area contributed by atoms with Gasteiger partial charge in [0.15, 0.2) is 10.5 Å². The predicted octanol–water partition coefficient (Wildman–Crippen LogP) is 1.99. The van der Waals surface area contributed by atoms with Gasteiger partial charge in [-0.3, -0.25) is 14.5 Å². The Labute approximate surface area is 151 Å². The highest BCUT2D eigenvalue weighted by molar-refractivity contribution is 7.80. The summed E-state index contributed by atoms with van der Waals surface area (Å²) in [7, 11) is 0. The van der Waals surface area contributed by atoms with Crippen molar-refractivity contribution in [3.63, 3.8) is 0 Å². The Hall–Kier alpha value is -2.02. The predicted molar refractivity (Wildman–Crippen MR) is 95.6 cm³/mol. The van der Waals surface area contributed by atoms with Crippen molar-refractivity contribution in [2.75, 3.05) is 18.0 Å². The van der Waals surface area contributed by atoms with Crippen LogP contribution >= 0.6 is 12.2 Å². The monoisotopic (exact) mass is 361 g/mol. The number of hydrogen-bond donors (Lipinski definition) is 1. The van der Waals surface area contributed by atoms with Crippen molar-refractivity contribution in [3.8, 4) is 0 Å². The lowest BCUT2D eigenvalue weighted by Gasteiger charge is -2.50. The fraction of sp³-hybridized carbons (Fsp3) is 0.500. The molecule has 3 aliphatic rings. The molecule has 5 nitrogen and oxygen atoms in total. The highest BCUT2D eigenvalue weighted by Crippen LogP contribution is 2.48. The molecular weight excluding hydrogens is 341 g/mol. The highest BCUT2D eigenvalue weighted by Gasteiger charge is 2.62. The van der Waals surface area contributed by atoms with Crippen LogP contribution in [0.25, 0.3) is 0 Å². The number of benzene rings is 1. The lowest BCUT2D eigenvalue weighted by atomic mass is 9.68. The summed E-state index contributed by atoms with van der Waals surface area (Å²) in [5, 5.41) is 2.88. The number of hydrogen-bond acceptors (Lipinski definition) is 4. The van der Waals surface area contributed by atoms with Gasteiger partial charge in [0, 0.05) is 30.8 Å². The molecule has 0 bridgehead atoms. The van der Waals surface area contributed by atoms with E-state index < -0.39 is 5.41 Å². The van der Waals surface area contributed by atoms with Gasteiger partial charge < -0.3 is 10.2 Å². The van der Waals surface area contributed by atoms with Crippen molar-refractivity contribution in [1.82, 2.24) is 10.2 Å². The number of nitrogens with one attached hydrogen (secondary N) is 1. The fourth-order valence-corrected chi connectivity index (χ4v) is 4.81. The molecule has 1 aromatic carbocycles. The van der Waals surface area contributed by atoms with Gasteiger partial charge in [0.25, 0.3) is 0 Å². The van der Waals surface area contributed by atoms with E-state index in [-0.39, 0.29) is 35.2 Å². The number of halogens is 1. The van der Waals surface area contributed by atoms with Gasteiger partial charge in [0.2, 0.25) is 11.8 Å². The van der Waals surface area contributed by atoms with E-state index in [4.69, 9.17) is 12.2 Å². The Morgan fingerprint density at radius 3 is 2.96 bits per heavy atom. The Morgan fingerprint density at radius 2 is 2.20 bits per heavy atom. The third-order valence-corrected chi connectivity index (χ3v) is 5.95. The molecule has 7 heteroatoms. The minimum atomic E-state index is -1.30. The number of fused-ring (bicyclic) bond motifs is 4. The van der Waals surface area contributed by atoms with Crippen molar-refractivity contribution in [2.24, 2.45) is 5.41 Å². The maximum Gasteiger partial charge on any atom is 0.246 e. The maximum atomic E-state index is 14.5. The van der Waals surface area contributed by atoms with Crippen molar-refractivity contribution in [3.05, 3.63) is 29.6 Å². The molecule has 2 saturated heterocycles.